The number of amides is 6. The molecule has 0 aromatic heterocycles. The van der Waals surface area contributed by atoms with Gasteiger partial charge in [-0.1, -0.05) is 111 Å². The fourth-order valence-electron chi connectivity index (χ4n) is 16.1. The normalized spacial score (nSPS) is 26.1. The van der Waals surface area contributed by atoms with Crippen molar-refractivity contribution >= 4 is 60.4 Å². The molecule has 7 N–H and O–H groups in total. The maximum absolute atomic E-state index is 12.9. The van der Waals surface area contributed by atoms with E-state index in [1.165, 1.54) is 6.92 Å². The molecule has 27 heteroatoms. The van der Waals surface area contributed by atoms with Crippen molar-refractivity contribution < 1.29 is 95.3 Å². The van der Waals surface area contributed by atoms with Crippen LogP contribution in [0.5, 0.6) is 0 Å². The van der Waals surface area contributed by atoms with Crippen LogP contribution in [-0.2, 0) is 66.5 Å². The van der Waals surface area contributed by atoms with Gasteiger partial charge in [0.15, 0.2) is 0 Å². The molecule has 4 saturated carbocycles. The SMILES string of the molecule is C.C.C=CC(=O)OCC(C)OC(=O)CCC1(C)CC(NC(=O)OCC(C)OC(=O)NC2CC(C)(C)CC(C)(CNC(=O)OCCCCOC(C)=O)C2)CC(C)(C)C1.C=CC(=O)OCC(C)OC(=O)NCC1(C)CC(NC(=O)OC(C)COC(=O)NCC2(C)CC(NC)CC(C)(C)C2)CC(C)(C)C1. The standard InChI is InChI=1S/C40H67N3O12.C33H58N4O8.2CH4/c1-11-32(45)52-22-27(2)54-33(46)14-15-39(9)20-30(18-37(5,6)24-39)42-35(48)53-23-28(3)55-36(49)43-31-19-38(7,8)25-40(10,21-31)26-41-34(47)51-17-13-12-16-50-29(4)44;1-11-26(38)42-16-22(2)44-28(40)36-21-33(9)15-25(13-31(6,7)19-33)37-29(41)45-23(3)17-43-27(39)35-20-32(8)14-24(34-10)12-30(4,5)18-32;;/h11,27-28,30-31H,1,12-26H2,2-10H3,(H,41,47)(H,42,48)(H,43,49);11,22-25,34H,1,12-21H2,2-10H3,(H,35,39)(H,36,40)(H,37,41);2*1H4. The van der Waals surface area contributed by atoms with Crippen LogP contribution in [0.1, 0.15) is 235 Å². The smallest absolute Gasteiger partial charge is 0.407 e. The Hall–Kier alpha value is -7.06. The van der Waals surface area contributed by atoms with E-state index in [0.717, 1.165) is 69.9 Å². The number of esters is 4. The molecule has 0 aliphatic heterocycles. The molecular formula is C75H133N7O20. The summed E-state index contributed by atoms with van der Waals surface area (Å²) in [4.78, 5) is 122. The molecule has 0 saturated heterocycles. The molecule has 0 aromatic rings. The lowest BCUT2D eigenvalue weighted by Gasteiger charge is -2.47. The predicted molar refractivity (Wildman–Crippen MR) is 389 cm³/mol. The van der Waals surface area contributed by atoms with Gasteiger partial charge in [-0.2, -0.15) is 0 Å². The quantitative estimate of drug-likeness (QED) is 0.0142. The van der Waals surface area contributed by atoms with Crippen molar-refractivity contribution in [3.05, 3.63) is 25.3 Å². The average Bonchev–Trinajstić information content (AvgIpc) is 0.822. The zero-order valence-electron chi connectivity index (χ0n) is 63.5. The minimum absolute atomic E-state index is 0. The summed E-state index contributed by atoms with van der Waals surface area (Å²) in [7, 11) is 1.98. The monoisotopic (exact) mass is 1450 g/mol. The zero-order valence-corrected chi connectivity index (χ0v) is 63.5. The second kappa shape index (κ2) is 42.0. The number of alkyl carbamates (subject to hydrolysis) is 6. The maximum atomic E-state index is 12.9. The van der Waals surface area contributed by atoms with E-state index < -0.39 is 72.9 Å². The number of nitrogens with one attached hydrogen (secondary N) is 7. The average molecular weight is 1450 g/mol. The number of hydrogen-bond donors (Lipinski definition) is 7. The van der Waals surface area contributed by atoms with Crippen molar-refractivity contribution in [1.82, 2.24) is 37.2 Å². The van der Waals surface area contributed by atoms with E-state index in [2.05, 4.69) is 133 Å². The lowest BCUT2D eigenvalue weighted by atomic mass is 9.61. The van der Waals surface area contributed by atoms with Crippen LogP contribution < -0.4 is 37.2 Å². The number of hydrogen-bond acceptors (Lipinski definition) is 21. The van der Waals surface area contributed by atoms with Crippen molar-refractivity contribution in [1.29, 1.82) is 0 Å². The molecule has 27 nitrogen and oxygen atoms in total. The highest BCUT2D eigenvalue weighted by molar-refractivity contribution is 5.81. The largest absolute Gasteiger partial charge is 0.466 e. The Morgan fingerprint density at radius 3 is 1.12 bits per heavy atom. The van der Waals surface area contributed by atoms with Gasteiger partial charge in [0, 0.05) is 69.3 Å². The molecule has 6 amide bonds. The van der Waals surface area contributed by atoms with Gasteiger partial charge in [0.05, 0.1) is 13.2 Å². The van der Waals surface area contributed by atoms with Crippen molar-refractivity contribution in [3.8, 4) is 0 Å². The fraction of sp³-hybridized carbons (Fsp3) is 0.813. The Bertz CT molecular complexity index is 2740. The molecule has 12 unspecified atom stereocenters. The maximum Gasteiger partial charge on any atom is 0.407 e. The number of ether oxygens (including phenoxy) is 10. The van der Waals surface area contributed by atoms with Gasteiger partial charge in [0.2, 0.25) is 0 Å². The third-order valence-electron chi connectivity index (χ3n) is 18.5. The Kier molecular flexibility index (Phi) is 38.3. The number of carbonyl (C=O) groups is 10. The van der Waals surface area contributed by atoms with Gasteiger partial charge in [-0.05, 0) is 174 Å². The first-order valence-electron chi connectivity index (χ1n) is 35.5. The predicted octanol–water partition coefficient (Wildman–Crippen LogP) is 12.8. The van der Waals surface area contributed by atoms with E-state index in [-0.39, 0.29) is 134 Å². The third kappa shape index (κ3) is 37.9. The molecule has 102 heavy (non-hydrogen) atoms. The van der Waals surface area contributed by atoms with Gasteiger partial charge < -0.3 is 84.6 Å². The van der Waals surface area contributed by atoms with Crippen LogP contribution in [0.25, 0.3) is 0 Å². The van der Waals surface area contributed by atoms with Gasteiger partial charge in [-0.25, -0.2) is 38.4 Å². The molecular weight excluding hydrogens is 1320 g/mol. The first-order chi connectivity index (χ1) is 46.3. The van der Waals surface area contributed by atoms with Gasteiger partial charge in [0.25, 0.3) is 0 Å². The molecule has 12 atom stereocenters. The molecule has 0 bridgehead atoms. The van der Waals surface area contributed by atoms with Crippen molar-refractivity contribution in [2.24, 2.45) is 43.3 Å². The van der Waals surface area contributed by atoms with Crippen LogP contribution in [0.3, 0.4) is 0 Å². The van der Waals surface area contributed by atoms with E-state index in [9.17, 15) is 47.9 Å². The number of carbonyl (C=O) groups excluding carboxylic acids is 10. The molecule has 4 aliphatic carbocycles. The van der Waals surface area contributed by atoms with Crippen molar-refractivity contribution in [2.75, 3.05) is 66.3 Å². The molecule has 588 valence electrons. The third-order valence-corrected chi connectivity index (χ3v) is 18.5. The Balaban J connectivity index is 0.00000102. The van der Waals surface area contributed by atoms with Crippen LogP contribution >= 0.6 is 0 Å². The summed E-state index contributed by atoms with van der Waals surface area (Å²) in [6, 6.07) is -0.166. The van der Waals surface area contributed by atoms with Crippen LogP contribution in [0.15, 0.2) is 25.3 Å². The highest BCUT2D eigenvalue weighted by Gasteiger charge is 2.46. The van der Waals surface area contributed by atoms with Crippen LogP contribution in [0, 0.1) is 43.3 Å². The molecule has 0 aromatic carbocycles. The lowest BCUT2D eigenvalue weighted by molar-refractivity contribution is -0.156. The summed E-state index contributed by atoms with van der Waals surface area (Å²) >= 11 is 0. The van der Waals surface area contributed by atoms with Crippen molar-refractivity contribution in [2.45, 2.75) is 284 Å². The highest BCUT2D eigenvalue weighted by atomic mass is 16.6. The molecule has 4 aliphatic rings. The summed E-state index contributed by atoms with van der Waals surface area (Å²) in [5.41, 5.74) is -1.07. The topological polar surface area (TPSA) is 347 Å². The Morgan fingerprint density at radius 2 is 0.716 bits per heavy atom. The van der Waals surface area contributed by atoms with E-state index in [0.29, 0.717) is 64.2 Å². The first kappa shape index (κ1) is 93.0. The number of rotatable bonds is 32. The minimum atomic E-state index is -0.707. The zero-order chi connectivity index (χ0) is 75.5. The van der Waals surface area contributed by atoms with Crippen LogP contribution in [0.4, 0.5) is 28.8 Å². The minimum Gasteiger partial charge on any atom is -0.466 e. The Labute approximate surface area is 609 Å². The van der Waals surface area contributed by atoms with Gasteiger partial charge >= 0.3 is 60.4 Å². The van der Waals surface area contributed by atoms with Gasteiger partial charge in [-0.15, -0.1) is 0 Å². The summed E-state index contributed by atoms with van der Waals surface area (Å²) in [5, 5.41) is 20.9. The summed E-state index contributed by atoms with van der Waals surface area (Å²) in [6.45, 7) is 41.8. The van der Waals surface area contributed by atoms with E-state index in [1.54, 1.807) is 27.7 Å². The summed E-state index contributed by atoms with van der Waals surface area (Å²) < 4.78 is 52.6. The summed E-state index contributed by atoms with van der Waals surface area (Å²) in [5.74, 6) is -1.89. The van der Waals surface area contributed by atoms with E-state index in [1.807, 2.05) is 7.05 Å². The Morgan fingerprint density at radius 1 is 0.402 bits per heavy atom. The summed E-state index contributed by atoms with van der Waals surface area (Å²) in [6.07, 6.45) is 7.67. The fourth-order valence-corrected chi connectivity index (χ4v) is 16.1. The molecule has 0 spiro atoms. The van der Waals surface area contributed by atoms with Crippen LogP contribution in [0.2, 0.25) is 0 Å². The molecule has 4 fully saturated rings. The van der Waals surface area contributed by atoms with Crippen molar-refractivity contribution in [3.63, 3.8) is 0 Å². The molecule has 0 radical (unpaired) electrons. The van der Waals surface area contributed by atoms with Gasteiger partial charge in [-0.3, -0.25) is 9.59 Å². The molecule has 4 rings (SSSR count). The van der Waals surface area contributed by atoms with Crippen LogP contribution in [-0.4, -0.2) is 175 Å². The first-order valence-corrected chi connectivity index (χ1v) is 35.5. The van der Waals surface area contributed by atoms with E-state index >= 15 is 0 Å². The number of unbranched alkanes of at least 4 members (excludes halogenated alkanes) is 1. The van der Waals surface area contributed by atoms with Gasteiger partial charge in [0.1, 0.15) is 50.8 Å². The lowest BCUT2D eigenvalue weighted by Crippen LogP contribution is -2.51. The van der Waals surface area contributed by atoms with E-state index in [4.69, 9.17) is 47.4 Å². The second-order valence-electron chi connectivity index (χ2n) is 33.3. The second-order valence-corrected chi connectivity index (χ2v) is 33.3. The molecule has 0 heterocycles. The highest BCUT2D eigenvalue weighted by Crippen LogP contribution is 2.50.